The second kappa shape index (κ2) is 7.71. The number of amides is 1. The quantitative estimate of drug-likeness (QED) is 0.735. The van der Waals surface area contributed by atoms with Gasteiger partial charge in [0.1, 0.15) is 17.6 Å². The molecule has 25 heavy (non-hydrogen) atoms. The van der Waals surface area contributed by atoms with E-state index in [0.29, 0.717) is 5.76 Å². The van der Waals surface area contributed by atoms with Crippen LogP contribution in [0.25, 0.3) is 0 Å². The van der Waals surface area contributed by atoms with Gasteiger partial charge in [0.15, 0.2) is 6.61 Å². The van der Waals surface area contributed by atoms with Gasteiger partial charge >= 0.3 is 0 Å². The van der Waals surface area contributed by atoms with Gasteiger partial charge < -0.3 is 14.5 Å². The van der Waals surface area contributed by atoms with Gasteiger partial charge in [0, 0.05) is 0 Å². The van der Waals surface area contributed by atoms with E-state index in [4.69, 9.17) is 9.15 Å². The van der Waals surface area contributed by atoms with E-state index in [2.05, 4.69) is 5.32 Å². The minimum Gasteiger partial charge on any atom is -0.483 e. The van der Waals surface area contributed by atoms with Crippen LogP contribution in [0.3, 0.4) is 0 Å². The zero-order chi connectivity index (χ0) is 17.6. The van der Waals surface area contributed by atoms with Crippen molar-refractivity contribution in [3.63, 3.8) is 0 Å². The standard InChI is InChI=1S/C21H21NO3/c1-15-10-11-16(2)19(13-15)25-14-20(23)22-21(18-9-6-12-24-18)17-7-4-3-5-8-17/h3-13,21H,14H2,1-2H3,(H,22,23)/t21-/m1/s1. The topological polar surface area (TPSA) is 51.5 Å². The first-order valence-corrected chi connectivity index (χ1v) is 8.21. The molecule has 0 unspecified atom stereocenters. The van der Waals surface area contributed by atoms with E-state index in [1.54, 1.807) is 6.26 Å². The van der Waals surface area contributed by atoms with Crippen molar-refractivity contribution in [3.8, 4) is 5.75 Å². The van der Waals surface area contributed by atoms with Crippen molar-refractivity contribution in [2.45, 2.75) is 19.9 Å². The van der Waals surface area contributed by atoms with E-state index in [9.17, 15) is 4.79 Å². The largest absolute Gasteiger partial charge is 0.483 e. The van der Waals surface area contributed by atoms with Crippen LogP contribution < -0.4 is 10.1 Å². The molecule has 1 N–H and O–H groups in total. The van der Waals surface area contributed by atoms with Gasteiger partial charge in [0.05, 0.1) is 6.26 Å². The Morgan fingerprint density at radius 1 is 1.08 bits per heavy atom. The fraction of sp³-hybridized carbons (Fsp3) is 0.190. The third-order valence-corrected chi connectivity index (χ3v) is 3.97. The van der Waals surface area contributed by atoms with Crippen LogP contribution in [0.5, 0.6) is 5.75 Å². The van der Waals surface area contributed by atoms with Crippen LogP contribution in [0, 0.1) is 13.8 Å². The fourth-order valence-electron chi connectivity index (χ4n) is 2.63. The van der Waals surface area contributed by atoms with E-state index < -0.39 is 0 Å². The maximum absolute atomic E-state index is 12.4. The van der Waals surface area contributed by atoms with E-state index in [-0.39, 0.29) is 18.6 Å². The van der Waals surface area contributed by atoms with Crippen LogP contribution in [0.4, 0.5) is 0 Å². The van der Waals surface area contributed by atoms with Crippen LogP contribution in [0.2, 0.25) is 0 Å². The molecule has 4 heteroatoms. The molecule has 0 aliphatic heterocycles. The molecule has 1 aromatic heterocycles. The number of carbonyl (C=O) groups is 1. The molecule has 0 saturated heterocycles. The van der Waals surface area contributed by atoms with Crippen molar-refractivity contribution >= 4 is 5.91 Å². The summed E-state index contributed by atoms with van der Waals surface area (Å²) in [7, 11) is 0. The highest BCUT2D eigenvalue weighted by Gasteiger charge is 2.19. The highest BCUT2D eigenvalue weighted by atomic mass is 16.5. The zero-order valence-corrected chi connectivity index (χ0v) is 14.4. The molecule has 3 rings (SSSR count). The lowest BCUT2D eigenvalue weighted by atomic mass is 10.0. The Bertz CT molecular complexity index is 826. The lowest BCUT2D eigenvalue weighted by molar-refractivity contribution is -0.123. The summed E-state index contributed by atoms with van der Waals surface area (Å²) in [6.45, 7) is 3.91. The van der Waals surface area contributed by atoms with Gasteiger partial charge in [-0.3, -0.25) is 4.79 Å². The van der Waals surface area contributed by atoms with E-state index in [0.717, 1.165) is 22.4 Å². The Labute approximate surface area is 147 Å². The summed E-state index contributed by atoms with van der Waals surface area (Å²) in [5.41, 5.74) is 3.06. The van der Waals surface area contributed by atoms with Gasteiger partial charge in [-0.2, -0.15) is 0 Å². The molecule has 0 saturated carbocycles. The highest BCUT2D eigenvalue weighted by molar-refractivity contribution is 5.78. The number of benzene rings is 2. The maximum Gasteiger partial charge on any atom is 0.258 e. The number of carbonyl (C=O) groups excluding carboxylic acids is 1. The molecule has 4 nitrogen and oxygen atoms in total. The van der Waals surface area contributed by atoms with Crippen molar-refractivity contribution in [1.29, 1.82) is 0 Å². The van der Waals surface area contributed by atoms with Gasteiger partial charge in [-0.1, -0.05) is 42.5 Å². The molecule has 0 spiro atoms. The van der Waals surface area contributed by atoms with Crippen LogP contribution in [-0.4, -0.2) is 12.5 Å². The Morgan fingerprint density at radius 2 is 1.88 bits per heavy atom. The van der Waals surface area contributed by atoms with E-state index in [1.807, 2.05) is 74.5 Å². The lowest BCUT2D eigenvalue weighted by Crippen LogP contribution is -2.33. The van der Waals surface area contributed by atoms with Crippen molar-refractivity contribution in [2.24, 2.45) is 0 Å². The lowest BCUT2D eigenvalue weighted by Gasteiger charge is -2.18. The van der Waals surface area contributed by atoms with Crippen LogP contribution in [0.15, 0.2) is 71.3 Å². The summed E-state index contributed by atoms with van der Waals surface area (Å²) >= 11 is 0. The summed E-state index contributed by atoms with van der Waals surface area (Å²) < 4.78 is 11.2. The maximum atomic E-state index is 12.4. The molecule has 0 radical (unpaired) electrons. The Balaban J connectivity index is 1.70. The summed E-state index contributed by atoms with van der Waals surface area (Å²) in [5.74, 6) is 1.21. The smallest absolute Gasteiger partial charge is 0.258 e. The SMILES string of the molecule is Cc1ccc(C)c(OCC(=O)N[C@H](c2ccccc2)c2ccco2)c1. The number of rotatable bonds is 6. The average Bonchev–Trinajstić information content (AvgIpc) is 3.15. The second-order valence-electron chi connectivity index (χ2n) is 5.98. The predicted octanol–water partition coefficient (Wildman–Crippen LogP) is 4.18. The molecule has 1 amide bonds. The molecule has 0 aliphatic carbocycles. The average molecular weight is 335 g/mol. The van der Waals surface area contributed by atoms with Crippen LogP contribution in [-0.2, 0) is 4.79 Å². The van der Waals surface area contributed by atoms with Crippen LogP contribution in [0.1, 0.15) is 28.5 Å². The number of hydrogen-bond acceptors (Lipinski definition) is 3. The first-order chi connectivity index (χ1) is 12.1. The number of aryl methyl sites for hydroxylation is 2. The van der Waals surface area contributed by atoms with Gasteiger partial charge in [-0.15, -0.1) is 0 Å². The van der Waals surface area contributed by atoms with Crippen LogP contribution >= 0.6 is 0 Å². The second-order valence-corrected chi connectivity index (χ2v) is 5.98. The van der Waals surface area contributed by atoms with Gasteiger partial charge in [-0.05, 0) is 48.7 Å². The molecular weight excluding hydrogens is 314 g/mol. The summed E-state index contributed by atoms with van der Waals surface area (Å²) in [5, 5.41) is 2.98. The number of hydrogen-bond donors (Lipinski definition) is 1. The molecule has 0 aliphatic rings. The molecule has 2 aromatic carbocycles. The number of furan rings is 1. The van der Waals surface area contributed by atoms with Gasteiger partial charge in [-0.25, -0.2) is 0 Å². The molecule has 1 atom stereocenters. The molecule has 3 aromatic rings. The monoisotopic (exact) mass is 335 g/mol. The summed E-state index contributed by atoms with van der Waals surface area (Å²) in [4.78, 5) is 12.4. The van der Waals surface area contributed by atoms with Gasteiger partial charge in [0.25, 0.3) is 5.91 Å². The zero-order valence-electron chi connectivity index (χ0n) is 14.4. The normalized spacial score (nSPS) is 11.8. The van der Waals surface area contributed by atoms with E-state index >= 15 is 0 Å². The Hall–Kier alpha value is -3.01. The highest BCUT2D eigenvalue weighted by Crippen LogP contribution is 2.23. The summed E-state index contributed by atoms with van der Waals surface area (Å²) in [6, 6.07) is 19.0. The summed E-state index contributed by atoms with van der Waals surface area (Å²) in [6.07, 6.45) is 1.60. The van der Waals surface area contributed by atoms with E-state index in [1.165, 1.54) is 0 Å². The predicted molar refractivity (Wildman–Crippen MR) is 96.5 cm³/mol. The minimum atomic E-state index is -0.342. The third-order valence-electron chi connectivity index (χ3n) is 3.97. The van der Waals surface area contributed by atoms with Crippen molar-refractivity contribution in [2.75, 3.05) is 6.61 Å². The van der Waals surface area contributed by atoms with Crippen molar-refractivity contribution in [3.05, 3.63) is 89.4 Å². The Morgan fingerprint density at radius 3 is 2.60 bits per heavy atom. The first-order valence-electron chi connectivity index (χ1n) is 8.21. The molecular formula is C21H21NO3. The third kappa shape index (κ3) is 4.29. The molecule has 128 valence electrons. The number of ether oxygens (including phenoxy) is 1. The van der Waals surface area contributed by atoms with Crippen molar-refractivity contribution < 1.29 is 13.9 Å². The molecule has 1 heterocycles. The number of nitrogens with one attached hydrogen (secondary N) is 1. The first kappa shape index (κ1) is 16.8. The fourth-order valence-corrected chi connectivity index (χ4v) is 2.63. The molecule has 0 bridgehead atoms. The van der Waals surface area contributed by atoms with Gasteiger partial charge in [0.2, 0.25) is 0 Å². The molecule has 0 fully saturated rings. The Kier molecular flexibility index (Phi) is 5.19. The minimum absolute atomic E-state index is 0.0473. The van der Waals surface area contributed by atoms with Crippen molar-refractivity contribution in [1.82, 2.24) is 5.32 Å².